The van der Waals surface area contributed by atoms with E-state index in [-0.39, 0.29) is 5.91 Å². The number of nitrogens with one attached hydrogen (secondary N) is 1. The molecule has 0 spiro atoms. The number of para-hydroxylation sites is 1. The molecule has 4 rings (SSSR count). The molecule has 1 N–H and O–H groups in total. The van der Waals surface area contributed by atoms with Gasteiger partial charge in [-0.15, -0.1) is 0 Å². The van der Waals surface area contributed by atoms with E-state index in [1.165, 1.54) is 5.56 Å². The third-order valence-corrected chi connectivity index (χ3v) is 6.65. The Balaban J connectivity index is 1.46. The summed E-state index contributed by atoms with van der Waals surface area (Å²) in [7, 11) is 1.69. The molecule has 2 saturated heterocycles. The number of hydrogen-bond donors (Lipinski definition) is 1. The van der Waals surface area contributed by atoms with Crippen molar-refractivity contribution in [3.05, 3.63) is 54.1 Å². The maximum atomic E-state index is 13.3. The van der Waals surface area contributed by atoms with Gasteiger partial charge in [0.15, 0.2) is 0 Å². The molecule has 2 aliphatic rings. The smallest absolute Gasteiger partial charge is 0.226 e. The first-order valence-electron chi connectivity index (χ1n) is 11.4. The van der Waals surface area contributed by atoms with Crippen molar-refractivity contribution in [1.29, 1.82) is 0 Å². The zero-order valence-corrected chi connectivity index (χ0v) is 18.4. The van der Waals surface area contributed by atoms with Gasteiger partial charge in [0.2, 0.25) is 5.91 Å². The highest BCUT2D eigenvalue weighted by Crippen LogP contribution is 2.36. The fourth-order valence-corrected chi connectivity index (χ4v) is 4.72. The van der Waals surface area contributed by atoms with Gasteiger partial charge < -0.3 is 19.5 Å². The van der Waals surface area contributed by atoms with Gasteiger partial charge in [-0.3, -0.25) is 4.79 Å². The molecule has 1 atom stereocenters. The van der Waals surface area contributed by atoms with E-state index < -0.39 is 5.41 Å². The largest absolute Gasteiger partial charge is 0.496 e. The molecule has 0 bridgehead atoms. The fraction of sp³-hybridized carbons (Fsp3) is 0.500. The van der Waals surface area contributed by atoms with Crippen LogP contribution in [0.4, 0.5) is 0 Å². The van der Waals surface area contributed by atoms with Gasteiger partial charge in [-0.25, -0.2) is 0 Å². The first kappa shape index (κ1) is 21.8. The summed E-state index contributed by atoms with van der Waals surface area (Å²) in [5, 5.41) is 3.24. The second kappa shape index (κ2) is 10.3. The van der Waals surface area contributed by atoms with Gasteiger partial charge in [-0.1, -0.05) is 42.5 Å². The summed E-state index contributed by atoms with van der Waals surface area (Å²) >= 11 is 0. The van der Waals surface area contributed by atoms with Crippen LogP contribution in [0.2, 0.25) is 0 Å². The lowest BCUT2D eigenvalue weighted by Crippen LogP contribution is -2.47. The fourth-order valence-electron chi connectivity index (χ4n) is 4.72. The molecular formula is C26H33NO4. The van der Waals surface area contributed by atoms with Gasteiger partial charge >= 0.3 is 0 Å². The third-order valence-electron chi connectivity index (χ3n) is 6.65. The molecule has 0 radical (unpaired) electrons. The predicted octanol–water partition coefficient (Wildman–Crippen LogP) is 4.24. The van der Waals surface area contributed by atoms with Crippen LogP contribution in [0.1, 0.15) is 31.2 Å². The van der Waals surface area contributed by atoms with Crippen molar-refractivity contribution in [1.82, 2.24) is 5.32 Å². The van der Waals surface area contributed by atoms with Crippen LogP contribution in [-0.4, -0.2) is 46.0 Å². The highest BCUT2D eigenvalue weighted by atomic mass is 16.5. The van der Waals surface area contributed by atoms with Crippen molar-refractivity contribution in [3.8, 4) is 16.9 Å². The molecule has 0 aromatic heterocycles. The minimum absolute atomic E-state index is 0.162. The predicted molar refractivity (Wildman–Crippen MR) is 121 cm³/mol. The van der Waals surface area contributed by atoms with Crippen LogP contribution in [0.15, 0.2) is 48.5 Å². The topological polar surface area (TPSA) is 56.8 Å². The lowest BCUT2D eigenvalue weighted by atomic mass is 9.74. The van der Waals surface area contributed by atoms with Gasteiger partial charge in [-0.05, 0) is 55.2 Å². The summed E-state index contributed by atoms with van der Waals surface area (Å²) in [5.41, 5.74) is 2.96. The standard InChI is InChI=1S/C26H33NO4/c1-29-24-7-3-2-6-23(24)22-10-8-20(9-11-22)17-26(12-15-30-16-13-26)25(28)27-18-21-5-4-14-31-19-21/h2-3,6-11,21H,4-5,12-19H2,1H3,(H,27,28). The van der Waals surface area contributed by atoms with E-state index in [1.54, 1.807) is 7.11 Å². The van der Waals surface area contributed by atoms with Crippen molar-refractivity contribution in [3.63, 3.8) is 0 Å². The molecule has 2 heterocycles. The lowest BCUT2D eigenvalue weighted by molar-refractivity contribution is -0.137. The number of methoxy groups -OCH3 is 1. The molecule has 31 heavy (non-hydrogen) atoms. The molecular weight excluding hydrogens is 390 g/mol. The SMILES string of the molecule is COc1ccccc1-c1ccc(CC2(C(=O)NCC3CCCOC3)CCOCC2)cc1. The van der Waals surface area contributed by atoms with Crippen molar-refractivity contribution in [2.45, 2.75) is 32.1 Å². The second-order valence-electron chi connectivity index (χ2n) is 8.76. The van der Waals surface area contributed by atoms with Gasteiger partial charge in [0.25, 0.3) is 0 Å². The average Bonchev–Trinajstić information content (AvgIpc) is 2.84. The van der Waals surface area contributed by atoms with Crippen LogP contribution in [-0.2, 0) is 20.7 Å². The van der Waals surface area contributed by atoms with E-state index in [2.05, 4.69) is 35.6 Å². The summed E-state index contributed by atoms with van der Waals surface area (Å²) in [5.74, 6) is 1.45. The first-order valence-corrected chi connectivity index (χ1v) is 11.4. The number of hydrogen-bond acceptors (Lipinski definition) is 4. The van der Waals surface area contributed by atoms with Crippen molar-refractivity contribution < 1.29 is 19.0 Å². The van der Waals surface area contributed by atoms with E-state index >= 15 is 0 Å². The van der Waals surface area contributed by atoms with Crippen molar-refractivity contribution in [2.75, 3.05) is 40.1 Å². The van der Waals surface area contributed by atoms with Gasteiger partial charge in [0.05, 0.1) is 19.1 Å². The Labute approximate surface area is 185 Å². The average molecular weight is 424 g/mol. The monoisotopic (exact) mass is 423 g/mol. The zero-order chi connectivity index (χ0) is 21.5. The van der Waals surface area contributed by atoms with Gasteiger partial charge in [0, 0.05) is 31.9 Å². The lowest BCUT2D eigenvalue weighted by Gasteiger charge is -2.36. The summed E-state index contributed by atoms with van der Waals surface area (Å²) in [4.78, 5) is 13.3. The van der Waals surface area contributed by atoms with E-state index in [4.69, 9.17) is 14.2 Å². The van der Waals surface area contributed by atoms with Gasteiger partial charge in [0.1, 0.15) is 5.75 Å². The van der Waals surface area contributed by atoms with Crippen molar-refractivity contribution >= 4 is 5.91 Å². The molecule has 0 aliphatic carbocycles. The second-order valence-corrected chi connectivity index (χ2v) is 8.76. The molecule has 5 nitrogen and oxygen atoms in total. The zero-order valence-electron chi connectivity index (χ0n) is 18.4. The Morgan fingerprint density at radius 3 is 2.55 bits per heavy atom. The van der Waals surface area contributed by atoms with E-state index in [1.807, 2.05) is 18.2 Å². The molecule has 2 aromatic rings. The Morgan fingerprint density at radius 1 is 1.06 bits per heavy atom. The first-order chi connectivity index (χ1) is 15.2. The number of ether oxygens (including phenoxy) is 3. The van der Waals surface area contributed by atoms with Crippen LogP contribution in [0.5, 0.6) is 5.75 Å². The summed E-state index contributed by atoms with van der Waals surface area (Å²) in [6.45, 7) is 3.57. The van der Waals surface area contributed by atoms with Crippen LogP contribution >= 0.6 is 0 Å². The Bertz CT molecular complexity index is 852. The molecule has 1 amide bonds. The Hall–Kier alpha value is -2.37. The molecule has 0 saturated carbocycles. The minimum Gasteiger partial charge on any atom is -0.496 e. The minimum atomic E-state index is -0.403. The normalized spacial score (nSPS) is 20.7. The summed E-state index contributed by atoms with van der Waals surface area (Å²) < 4.78 is 16.7. The molecule has 2 fully saturated rings. The number of carbonyl (C=O) groups is 1. The highest BCUT2D eigenvalue weighted by Gasteiger charge is 2.40. The number of rotatable bonds is 7. The molecule has 166 valence electrons. The summed E-state index contributed by atoms with van der Waals surface area (Å²) in [6, 6.07) is 16.6. The summed E-state index contributed by atoms with van der Waals surface area (Å²) in [6.07, 6.45) is 4.46. The van der Waals surface area contributed by atoms with Crippen LogP contribution in [0.25, 0.3) is 11.1 Å². The maximum Gasteiger partial charge on any atom is 0.226 e. The number of carbonyl (C=O) groups excluding carboxylic acids is 1. The molecule has 2 aromatic carbocycles. The van der Waals surface area contributed by atoms with E-state index in [9.17, 15) is 4.79 Å². The Kier molecular flexibility index (Phi) is 7.25. The van der Waals surface area contributed by atoms with E-state index in [0.29, 0.717) is 25.7 Å². The number of benzene rings is 2. The van der Waals surface area contributed by atoms with Crippen molar-refractivity contribution in [2.24, 2.45) is 11.3 Å². The van der Waals surface area contributed by atoms with E-state index in [0.717, 1.165) is 62.2 Å². The maximum absolute atomic E-state index is 13.3. The molecule has 2 aliphatic heterocycles. The third kappa shape index (κ3) is 5.28. The highest BCUT2D eigenvalue weighted by molar-refractivity contribution is 5.83. The van der Waals surface area contributed by atoms with Crippen LogP contribution < -0.4 is 10.1 Å². The molecule has 5 heteroatoms. The Morgan fingerprint density at radius 2 is 1.84 bits per heavy atom. The van der Waals surface area contributed by atoms with Crippen LogP contribution in [0.3, 0.4) is 0 Å². The quantitative estimate of drug-likeness (QED) is 0.724. The molecule has 1 unspecified atom stereocenters. The van der Waals surface area contributed by atoms with Crippen LogP contribution in [0, 0.1) is 11.3 Å². The van der Waals surface area contributed by atoms with Gasteiger partial charge in [-0.2, -0.15) is 0 Å². The number of amides is 1.